The van der Waals surface area contributed by atoms with Crippen molar-refractivity contribution < 1.29 is 111 Å². The molecule has 0 aliphatic carbocycles. The fourth-order valence-corrected chi connectivity index (χ4v) is 10.7. The van der Waals surface area contributed by atoms with Gasteiger partial charge in [0.15, 0.2) is 0 Å². The molecule has 0 saturated carbocycles. The smallest absolute Gasteiger partial charge is 0.0991 e. The summed E-state index contributed by atoms with van der Waals surface area (Å²) in [7, 11) is 0. The summed E-state index contributed by atoms with van der Waals surface area (Å²) in [5.74, 6) is -4.14. The maximum atomic E-state index is 13.2. The minimum Gasteiger partial charge on any atom is -0.574 e. The first-order valence-electron chi connectivity index (χ1n) is 36.2. The Bertz CT molecular complexity index is 5830. The van der Waals surface area contributed by atoms with E-state index in [4.69, 9.17) is 5.26 Å². The van der Waals surface area contributed by atoms with E-state index in [2.05, 4.69) is 124 Å². The second kappa shape index (κ2) is 50.4. The Morgan fingerprint density at radius 1 is 0.276 bits per heavy atom. The summed E-state index contributed by atoms with van der Waals surface area (Å²) < 4.78 is 89.9. The van der Waals surface area contributed by atoms with Gasteiger partial charge in [0.25, 0.3) is 0 Å². The molecule has 0 amide bonds. The molecule has 7 aromatic carbocycles. The van der Waals surface area contributed by atoms with Crippen LogP contribution < -0.4 is 15.3 Å². The molecule has 0 unspecified atom stereocenters. The zero-order valence-electron chi connectivity index (χ0n) is 63.9. The summed E-state index contributed by atoms with van der Waals surface area (Å²) in [5, 5.41) is 32.9. The van der Waals surface area contributed by atoms with E-state index >= 15 is 0 Å². The van der Waals surface area contributed by atoms with Crippen LogP contribution in [-0.2, 0) is 80.4 Å². The molecule has 16 nitrogen and oxygen atoms in total. The van der Waals surface area contributed by atoms with E-state index in [1.54, 1.807) is 129 Å². The van der Waals surface area contributed by atoms with Crippen molar-refractivity contribution in [2.24, 2.45) is 0 Å². The van der Waals surface area contributed by atoms with Crippen LogP contribution in [0.3, 0.4) is 0 Å². The normalized spacial score (nSPS) is 9.80. The summed E-state index contributed by atoms with van der Waals surface area (Å²) in [6.07, 6.45) is 16.9. The van der Waals surface area contributed by atoms with Gasteiger partial charge in [-0.2, -0.15) is 5.26 Å². The molecule has 0 bridgehead atoms. The third kappa shape index (κ3) is 29.0. The molecule has 0 N–H and O–H groups in total. The van der Waals surface area contributed by atoms with Gasteiger partial charge in [-0.1, -0.05) is 221 Å². The Morgan fingerprint density at radius 3 is 0.959 bits per heavy atom. The molecule has 12 heterocycles. The van der Waals surface area contributed by atoms with Crippen molar-refractivity contribution in [3.8, 4) is 130 Å². The minimum absolute atomic E-state index is 0. The number of hydrogen-bond donors (Lipinski definition) is 0. The minimum atomic E-state index is -0.649. The molecule has 0 aliphatic heterocycles. The molecular formula is C96H61F7Ir4N16-8. The van der Waals surface area contributed by atoms with Crippen molar-refractivity contribution in [1.29, 1.82) is 5.26 Å². The molecule has 4 radical (unpaired) electrons. The summed E-state index contributed by atoms with van der Waals surface area (Å²) in [6, 6.07) is 102. The van der Waals surface area contributed by atoms with Crippen molar-refractivity contribution in [3.63, 3.8) is 0 Å². The molecule has 618 valence electrons. The van der Waals surface area contributed by atoms with Crippen molar-refractivity contribution in [3.05, 3.63) is 442 Å². The molecule has 12 aromatic heterocycles. The van der Waals surface area contributed by atoms with E-state index in [-0.39, 0.29) is 103 Å². The van der Waals surface area contributed by atoms with Crippen molar-refractivity contribution in [1.82, 2.24) is 75.4 Å². The summed E-state index contributed by atoms with van der Waals surface area (Å²) >= 11 is 0. The van der Waals surface area contributed by atoms with Crippen LogP contribution in [0.5, 0.6) is 0 Å². The number of halogens is 7. The number of nitriles is 1. The second-order valence-electron chi connectivity index (χ2n) is 24.6. The molecule has 0 spiro atoms. The van der Waals surface area contributed by atoms with Crippen LogP contribution in [0.25, 0.3) is 124 Å². The van der Waals surface area contributed by atoms with Gasteiger partial charge in [-0.25, -0.2) is 0 Å². The first-order chi connectivity index (χ1) is 58.4. The van der Waals surface area contributed by atoms with E-state index in [1.807, 2.05) is 176 Å². The second-order valence-corrected chi connectivity index (χ2v) is 24.6. The van der Waals surface area contributed by atoms with Crippen LogP contribution >= 0.6 is 0 Å². The van der Waals surface area contributed by atoms with E-state index in [0.717, 1.165) is 127 Å². The zero-order chi connectivity index (χ0) is 82.6. The van der Waals surface area contributed by atoms with Gasteiger partial charge >= 0.3 is 0 Å². The van der Waals surface area contributed by atoms with Crippen molar-refractivity contribution in [2.75, 3.05) is 0 Å². The van der Waals surface area contributed by atoms with E-state index in [0.29, 0.717) is 22.6 Å². The predicted octanol–water partition coefficient (Wildman–Crippen LogP) is 21.2. The number of benzene rings is 7. The predicted molar refractivity (Wildman–Crippen MR) is 440 cm³/mol. The maximum Gasteiger partial charge on any atom is 0.0991 e. The SMILES string of the molecule is Fc1c[c-]c(-c2ccccn2)c(F)c1.Fc1c[c-]c(-c2ccccn2)c(F)c1.Fc1c[c-]c(-c2ccccn2)c(F)c1.Fc1c[c-]c(-c2ccccn2)cc1.N#Cc1ccc(-c2cc(-c3ccccn3)[n-]n2)cc1.[Ir].[Ir].[Ir].[Ir].c1ccc(-c2cc(-c3ccccn3)[cH-]n2)cc1.c1ccc(-c2cc(-c3ccccn3)[n-]n2)cc1.c1ccc(-c2ccn[n-]2)nc1. The molecule has 19 aromatic rings. The van der Waals surface area contributed by atoms with Gasteiger partial charge < -0.3 is 60.5 Å². The Hall–Kier alpha value is -13.8. The van der Waals surface area contributed by atoms with E-state index < -0.39 is 34.9 Å². The van der Waals surface area contributed by atoms with Crippen LogP contribution in [0.15, 0.2) is 371 Å². The van der Waals surface area contributed by atoms with Crippen LogP contribution in [-0.4, -0.2) is 60.2 Å². The Kier molecular flexibility index (Phi) is 38.8. The van der Waals surface area contributed by atoms with Gasteiger partial charge in [-0.15, -0.1) is 77.9 Å². The van der Waals surface area contributed by atoms with Gasteiger partial charge in [0, 0.05) is 205 Å². The molecule has 27 heteroatoms. The fourth-order valence-electron chi connectivity index (χ4n) is 10.7. The zero-order valence-corrected chi connectivity index (χ0v) is 73.4. The first-order valence-corrected chi connectivity index (χ1v) is 36.2. The number of rotatable bonds is 11. The van der Waals surface area contributed by atoms with Crippen LogP contribution in [0.4, 0.5) is 30.7 Å². The van der Waals surface area contributed by atoms with Crippen LogP contribution in [0, 0.1) is 76.3 Å². The Labute approximate surface area is 757 Å². The van der Waals surface area contributed by atoms with Gasteiger partial charge in [0.05, 0.1) is 11.6 Å². The summed E-state index contributed by atoms with van der Waals surface area (Å²) in [6.45, 7) is 0. The summed E-state index contributed by atoms with van der Waals surface area (Å²) in [4.78, 5) is 37.3. The van der Waals surface area contributed by atoms with Gasteiger partial charge in [0.2, 0.25) is 0 Å². The molecule has 0 atom stereocenters. The van der Waals surface area contributed by atoms with Crippen LogP contribution in [0.1, 0.15) is 5.56 Å². The quantitative estimate of drug-likeness (QED) is 0.0868. The molecule has 0 saturated heterocycles. The fraction of sp³-hybridized carbons (Fsp3) is 0. The summed E-state index contributed by atoms with van der Waals surface area (Å²) in [5.41, 5.74) is 16.9. The van der Waals surface area contributed by atoms with Crippen LogP contribution in [0.2, 0.25) is 0 Å². The monoisotopic (exact) mass is 2340 g/mol. The van der Waals surface area contributed by atoms with E-state index in [1.165, 1.54) is 12.1 Å². The number of nitrogens with zero attached hydrogens (tertiary/aromatic N) is 16. The van der Waals surface area contributed by atoms with Gasteiger partial charge in [-0.3, -0.25) is 45.7 Å². The third-order valence-electron chi connectivity index (χ3n) is 16.4. The third-order valence-corrected chi connectivity index (χ3v) is 16.4. The number of aromatic nitrogens is 15. The molecule has 0 fully saturated rings. The molecule has 123 heavy (non-hydrogen) atoms. The molecule has 19 rings (SSSR count). The van der Waals surface area contributed by atoms with Gasteiger partial charge in [-0.05, 0) is 136 Å². The molecule has 0 aliphatic rings. The maximum absolute atomic E-state index is 13.2. The standard InChI is InChI=1S/C15H9N4.C15H11N2.C14H10N3.3C11H6F2N.C11H7FN.C8H6N3.4Ir/c16-10-11-4-6-12(7-5-11)14-9-15(19-18-14)13-3-1-2-8-17-13;1-2-6-12(7-3-1)15-10-13(11-17-15)14-8-4-5-9-16-14;1-2-6-11(7-3-1)13-10-14(17-16-13)12-8-4-5-9-15-12;3*12-8-4-5-9(10(13)7-8)11-3-1-2-6-14-11;12-10-6-4-9(5-7-10)11-3-1-2-8-13-11;1-2-5-9-7(3-1)8-4-6-10-11-8;;;;/h1-9H;1-11H;1-10H;3*1-4,6-7H;1-4,6-8H;1-6H;;;;/q8*-1;;;;. The number of pyridine rings is 8. The Balaban J connectivity index is 0.000000174. The van der Waals surface area contributed by atoms with Crippen molar-refractivity contribution in [2.45, 2.75) is 0 Å². The van der Waals surface area contributed by atoms with Crippen molar-refractivity contribution >= 4 is 0 Å². The average Bonchev–Trinajstić information content (AvgIpc) is 1.65. The first kappa shape index (κ1) is 94.7. The topological polar surface area (TPSA) is 221 Å². The average molecular weight is 2340 g/mol. The molecular weight excluding hydrogens is 2280 g/mol. The van der Waals surface area contributed by atoms with Gasteiger partial charge in [0.1, 0.15) is 0 Å². The largest absolute Gasteiger partial charge is 0.574 e. The Morgan fingerprint density at radius 2 is 0.618 bits per heavy atom. The number of hydrogen-bond acceptors (Lipinski definition) is 13. The van der Waals surface area contributed by atoms with E-state index in [9.17, 15) is 30.7 Å².